The van der Waals surface area contributed by atoms with Crippen LogP contribution in [0.5, 0.6) is 0 Å². The van der Waals surface area contributed by atoms with Gasteiger partial charge in [0.05, 0.1) is 25.9 Å². The number of alkyl halides is 1. The van der Waals surface area contributed by atoms with Gasteiger partial charge in [0, 0.05) is 0 Å². The Hall–Kier alpha value is -2.66. The number of aliphatic hydroxyl groups excluding tert-OH is 1. The first-order chi connectivity index (χ1) is 21.3. The minimum atomic E-state index is -4.52. The Morgan fingerprint density at radius 1 is 1.00 bits per heavy atom. The molecule has 7 heterocycles. The molecule has 2 bridgehead atoms. The van der Waals surface area contributed by atoms with E-state index in [1.807, 2.05) is 0 Å². The van der Waals surface area contributed by atoms with Crippen LogP contribution in [0.15, 0.2) is 23.8 Å². The van der Waals surface area contributed by atoms with Gasteiger partial charge in [0.2, 0.25) is 12.7 Å². The van der Waals surface area contributed by atoms with E-state index in [2.05, 4.69) is 29.9 Å². The monoisotopic (exact) mass is 707 g/mol. The lowest BCUT2D eigenvalue weighted by atomic mass is 10.1. The summed E-state index contributed by atoms with van der Waals surface area (Å²) in [7, 11) is 0. The third-order valence-electron chi connectivity index (χ3n) is 7.27. The normalized spacial score (nSPS) is 37.7. The van der Waals surface area contributed by atoms with E-state index in [0.29, 0.717) is 0 Å². The number of rotatable bonds is 2. The van der Waals surface area contributed by atoms with Crippen molar-refractivity contribution < 1.29 is 46.5 Å². The molecule has 25 heteroatoms. The summed E-state index contributed by atoms with van der Waals surface area (Å²) in [5.41, 5.74) is 11.0. The number of halogens is 1. The van der Waals surface area contributed by atoms with Gasteiger partial charge in [-0.2, -0.15) is 4.98 Å². The Labute approximate surface area is 260 Å². The first kappa shape index (κ1) is 31.0. The summed E-state index contributed by atoms with van der Waals surface area (Å²) in [5, 5.41) is 11.1. The molecule has 3 saturated heterocycles. The summed E-state index contributed by atoms with van der Waals surface area (Å²) in [6, 6.07) is 0. The second-order valence-corrected chi connectivity index (χ2v) is 15.6. The van der Waals surface area contributed by atoms with Crippen LogP contribution in [0.1, 0.15) is 12.5 Å². The topological polar surface area (TPSA) is 272 Å². The van der Waals surface area contributed by atoms with Gasteiger partial charge in [0.15, 0.2) is 41.3 Å². The predicted molar refractivity (Wildman–Crippen MR) is 154 cm³/mol. The van der Waals surface area contributed by atoms with Gasteiger partial charge in [-0.1, -0.05) is 0 Å². The Morgan fingerprint density at radius 3 is 2.47 bits per heavy atom. The van der Waals surface area contributed by atoms with Crippen molar-refractivity contribution in [1.82, 2.24) is 39.0 Å². The Balaban J connectivity index is 1.21. The van der Waals surface area contributed by atoms with Gasteiger partial charge in [-0.25, -0.2) is 24.3 Å². The van der Waals surface area contributed by atoms with Crippen molar-refractivity contribution in [2.24, 2.45) is 0 Å². The molecule has 10 atom stereocenters. The molecule has 0 amide bonds. The number of aliphatic hydroxyl groups is 1. The molecule has 3 fully saturated rings. The Bertz CT molecular complexity index is 1950. The van der Waals surface area contributed by atoms with Crippen LogP contribution in [0.2, 0.25) is 0 Å². The van der Waals surface area contributed by atoms with Gasteiger partial charge in [-0.15, -0.1) is 0 Å². The molecule has 3 aliphatic heterocycles. The minimum absolute atomic E-state index is 0.0461. The highest BCUT2D eigenvalue weighted by atomic mass is 32.7. The van der Waals surface area contributed by atoms with Crippen LogP contribution in [0.4, 0.5) is 16.2 Å². The maximum Gasteiger partial charge on any atom is 0.325 e. The molecule has 3 aliphatic rings. The largest absolute Gasteiger partial charge is 0.660 e. The molecule has 45 heavy (non-hydrogen) atoms. The smallest absolute Gasteiger partial charge is 0.325 e. The van der Waals surface area contributed by atoms with Gasteiger partial charge in [0.25, 0.3) is 5.56 Å². The van der Waals surface area contributed by atoms with Crippen LogP contribution in [-0.4, -0.2) is 98.9 Å². The van der Waals surface area contributed by atoms with E-state index in [4.69, 9.17) is 63.1 Å². The molecule has 7 N–H and O–H groups in total. The van der Waals surface area contributed by atoms with E-state index in [0.717, 1.165) is 12.7 Å². The van der Waals surface area contributed by atoms with Crippen molar-refractivity contribution in [1.29, 1.82) is 0 Å². The lowest BCUT2D eigenvalue weighted by molar-refractivity contribution is -0.0584. The average molecular weight is 708 g/mol. The molecule has 7 rings (SSSR count). The number of anilines is 2. The Morgan fingerprint density at radius 2 is 1.69 bits per heavy atom. The fourth-order valence-electron chi connectivity index (χ4n) is 5.25. The zero-order valence-electron chi connectivity index (χ0n) is 22.3. The van der Waals surface area contributed by atoms with Crippen molar-refractivity contribution >= 4 is 71.7 Å². The number of fused-ring (bicyclic) bond motifs is 5. The lowest BCUT2D eigenvalue weighted by Gasteiger charge is -2.32. The van der Waals surface area contributed by atoms with E-state index in [1.54, 1.807) is 0 Å². The number of hydrogen-bond acceptors (Lipinski definition) is 18. The number of nitrogens with one attached hydrogen (secondary N) is 1. The molecule has 4 aromatic heterocycles. The van der Waals surface area contributed by atoms with Crippen LogP contribution in [0.25, 0.3) is 22.3 Å². The molecular formula is C20H22FN10O10P2S2-. The third kappa shape index (κ3) is 5.55. The lowest BCUT2D eigenvalue weighted by Crippen LogP contribution is -2.35. The summed E-state index contributed by atoms with van der Waals surface area (Å²) >= 11 is 10.3. The molecule has 0 aromatic carbocycles. The molecule has 242 valence electrons. The maximum atomic E-state index is 16.0. The molecule has 4 unspecified atom stereocenters. The fraction of sp³-hybridized carbons (Fsp3) is 0.500. The number of aromatic nitrogens is 8. The minimum Gasteiger partial charge on any atom is -0.660 e. The molecule has 0 saturated carbocycles. The maximum absolute atomic E-state index is 16.0. The van der Waals surface area contributed by atoms with E-state index in [-0.39, 0.29) is 34.1 Å². The van der Waals surface area contributed by atoms with Crippen molar-refractivity contribution in [3.8, 4) is 0 Å². The third-order valence-corrected chi connectivity index (χ3v) is 10.4. The number of H-pyrrole nitrogens is 1. The van der Waals surface area contributed by atoms with Gasteiger partial charge in [0.1, 0.15) is 42.4 Å². The van der Waals surface area contributed by atoms with Gasteiger partial charge >= 0.3 is 6.72 Å². The fourth-order valence-corrected chi connectivity index (χ4v) is 8.09. The van der Waals surface area contributed by atoms with E-state index >= 15 is 4.39 Å². The highest BCUT2D eigenvalue weighted by molar-refractivity contribution is 8.32. The summed E-state index contributed by atoms with van der Waals surface area (Å²) in [6.45, 7) is -10.1. The number of aromatic amines is 1. The standard InChI is InChI=1S/C20H23FN10O10P2S2/c21-8-12-7(39-18(8)30-4-26-9-14(22)24-3-25-15(9)30)2-37-43(35,45)41-13-11(32)6(1-36-42(34,44)40-12)38-19(13)31-5-27-10-16(31)28-20(23)29-17(10)33/h3-8,11-13,18-19,32H,1-2H2,(H,34,44)(H,35,45)(H2,22,24,25)(H3,23,28,29,33)/p-1/t6-,7-,8?,11+,12+,13?,18-,19-,42?,43?/m1/s1. The van der Waals surface area contributed by atoms with Crippen LogP contribution >= 0.6 is 13.5 Å². The van der Waals surface area contributed by atoms with Gasteiger partial charge in [-0.05, 0) is 11.8 Å². The van der Waals surface area contributed by atoms with Crippen molar-refractivity contribution in [3.05, 3.63) is 29.3 Å². The van der Waals surface area contributed by atoms with E-state index in [9.17, 15) is 19.4 Å². The van der Waals surface area contributed by atoms with Crippen LogP contribution in [0, 0.1) is 0 Å². The summed E-state index contributed by atoms with van der Waals surface area (Å²) < 4.78 is 65.7. The van der Waals surface area contributed by atoms with Crippen LogP contribution in [-0.2, 0) is 56.2 Å². The number of nitrogen functional groups attached to an aromatic ring is 2. The Kier molecular flexibility index (Phi) is 7.74. The molecule has 20 nitrogen and oxygen atoms in total. The molecule has 0 aliphatic carbocycles. The highest BCUT2D eigenvalue weighted by Gasteiger charge is 2.52. The summed E-state index contributed by atoms with van der Waals surface area (Å²) in [4.78, 5) is 45.7. The second-order valence-electron chi connectivity index (χ2n) is 10.1. The van der Waals surface area contributed by atoms with E-state index in [1.165, 1.54) is 15.5 Å². The van der Waals surface area contributed by atoms with E-state index < -0.39 is 81.4 Å². The zero-order valence-corrected chi connectivity index (χ0v) is 25.7. The first-order valence-corrected chi connectivity index (χ1v) is 18.0. The number of imidazole rings is 2. The molecule has 0 spiro atoms. The molecular weight excluding hydrogens is 685 g/mol. The number of ether oxygens (including phenoxy) is 2. The SMILES string of the molecule is Nc1nc2c(ncn2[C@@H]2O[C@@H]3COP(O)(=S)O[C@@H]4C(F)[C@H](n5cnc6c(N)ncnc65)O[C@@H]4COP(=O)([S-])OC2[C@H]3O)c(=O)[nH]1. The molecule has 0 radical (unpaired) electrons. The predicted octanol–water partition coefficient (Wildman–Crippen LogP) is -0.693. The zero-order chi connectivity index (χ0) is 31.8. The number of nitrogens with zero attached hydrogens (tertiary/aromatic N) is 7. The number of nitrogens with two attached hydrogens (primary N) is 2. The highest BCUT2D eigenvalue weighted by Crippen LogP contribution is 2.55. The summed E-state index contributed by atoms with van der Waals surface area (Å²) in [5.74, 6) is -0.192. The average Bonchev–Trinajstić information content (AvgIpc) is 3.72. The van der Waals surface area contributed by atoms with Crippen molar-refractivity contribution in [2.75, 3.05) is 24.7 Å². The second kappa shape index (κ2) is 11.2. The van der Waals surface area contributed by atoms with Gasteiger partial charge in [-0.3, -0.25) is 28.0 Å². The quantitative estimate of drug-likeness (QED) is 0.127. The number of hydrogen-bond donors (Lipinski definition) is 5. The van der Waals surface area contributed by atoms with Gasteiger partial charge < -0.3 is 56.8 Å². The van der Waals surface area contributed by atoms with Crippen LogP contribution < -0.4 is 17.0 Å². The van der Waals surface area contributed by atoms with Crippen molar-refractivity contribution in [3.63, 3.8) is 0 Å². The molecule has 4 aromatic rings. The van der Waals surface area contributed by atoms with Crippen molar-refractivity contribution in [2.45, 2.75) is 49.1 Å². The van der Waals surface area contributed by atoms with Crippen LogP contribution in [0.3, 0.4) is 0 Å². The summed E-state index contributed by atoms with van der Waals surface area (Å²) in [6.07, 6.45) is -8.71. The first-order valence-electron chi connectivity index (χ1n) is 12.9.